The highest BCUT2D eigenvalue weighted by atomic mass is 32.2. The highest BCUT2D eigenvalue weighted by Gasteiger charge is 2.25. The average molecular weight is 274 g/mol. The largest absolute Gasteiger partial charge is 0.314 e. The van der Waals surface area contributed by atoms with Crippen molar-refractivity contribution in [3.8, 4) is 0 Å². The van der Waals surface area contributed by atoms with E-state index in [1.54, 1.807) is 0 Å². The van der Waals surface area contributed by atoms with Gasteiger partial charge in [-0.25, -0.2) is 13.1 Å². The molecule has 0 aromatic rings. The van der Waals surface area contributed by atoms with Gasteiger partial charge in [-0.1, -0.05) is 19.8 Å². The van der Waals surface area contributed by atoms with E-state index in [0.717, 1.165) is 25.8 Å². The van der Waals surface area contributed by atoms with Gasteiger partial charge in [0.05, 0.1) is 5.75 Å². The molecule has 106 valence electrons. The highest BCUT2D eigenvalue weighted by molar-refractivity contribution is 7.89. The summed E-state index contributed by atoms with van der Waals surface area (Å²) in [6.45, 7) is 2.98. The molecule has 4 nitrogen and oxygen atoms in total. The van der Waals surface area contributed by atoms with Gasteiger partial charge < -0.3 is 5.32 Å². The summed E-state index contributed by atoms with van der Waals surface area (Å²) in [7, 11) is -3.08. The van der Waals surface area contributed by atoms with Gasteiger partial charge in [0.2, 0.25) is 10.0 Å². The molecule has 0 aliphatic heterocycles. The third-order valence-corrected chi connectivity index (χ3v) is 5.53. The number of sulfonamides is 1. The van der Waals surface area contributed by atoms with Gasteiger partial charge in [-0.15, -0.1) is 0 Å². The summed E-state index contributed by atoms with van der Waals surface area (Å²) >= 11 is 0. The average Bonchev–Trinajstić information content (AvgIpc) is 3.12. The fraction of sp³-hybridized carbons (Fsp3) is 1.00. The normalized spacial score (nSPS) is 29.4. The third kappa shape index (κ3) is 4.86. The lowest BCUT2D eigenvalue weighted by Gasteiger charge is -2.29. The Morgan fingerprint density at radius 1 is 1.11 bits per heavy atom. The lowest BCUT2D eigenvalue weighted by atomic mass is 9.87. The molecule has 18 heavy (non-hydrogen) atoms. The quantitative estimate of drug-likeness (QED) is 0.694. The van der Waals surface area contributed by atoms with Crippen molar-refractivity contribution < 1.29 is 8.42 Å². The van der Waals surface area contributed by atoms with Crippen LogP contribution in [-0.4, -0.2) is 32.8 Å². The zero-order valence-electron chi connectivity index (χ0n) is 11.3. The SMILES string of the molecule is CC1CCCCC1NS(=O)(=O)CCCNC1CC1. The fourth-order valence-electron chi connectivity index (χ4n) is 2.64. The first kappa shape index (κ1) is 14.3. The molecule has 0 aromatic carbocycles. The van der Waals surface area contributed by atoms with Crippen molar-refractivity contribution >= 4 is 10.0 Å². The van der Waals surface area contributed by atoms with Crippen LogP contribution in [0.4, 0.5) is 0 Å². The van der Waals surface area contributed by atoms with E-state index < -0.39 is 10.0 Å². The smallest absolute Gasteiger partial charge is 0.211 e. The van der Waals surface area contributed by atoms with Gasteiger partial charge in [-0.05, 0) is 44.6 Å². The molecule has 2 unspecified atom stereocenters. The Labute approximate surface area is 111 Å². The Morgan fingerprint density at radius 3 is 2.50 bits per heavy atom. The Morgan fingerprint density at radius 2 is 1.83 bits per heavy atom. The second-order valence-corrected chi connectivity index (χ2v) is 7.76. The second kappa shape index (κ2) is 6.35. The van der Waals surface area contributed by atoms with Crippen LogP contribution in [0.15, 0.2) is 0 Å². The molecule has 5 heteroatoms. The maximum atomic E-state index is 12.0. The van der Waals surface area contributed by atoms with Crippen LogP contribution < -0.4 is 10.0 Å². The zero-order valence-corrected chi connectivity index (χ0v) is 12.1. The minimum Gasteiger partial charge on any atom is -0.314 e. The maximum Gasteiger partial charge on any atom is 0.211 e. The molecule has 0 saturated heterocycles. The Hall–Kier alpha value is -0.130. The molecule has 2 atom stereocenters. The highest BCUT2D eigenvalue weighted by Crippen LogP contribution is 2.24. The third-order valence-electron chi connectivity index (χ3n) is 4.04. The summed E-state index contributed by atoms with van der Waals surface area (Å²) in [5.74, 6) is 0.744. The molecule has 0 spiro atoms. The molecular weight excluding hydrogens is 248 g/mol. The van der Waals surface area contributed by atoms with Crippen molar-refractivity contribution in [3.63, 3.8) is 0 Å². The van der Waals surface area contributed by atoms with Crippen LogP contribution in [0.1, 0.15) is 51.9 Å². The minimum atomic E-state index is -3.08. The molecule has 0 bridgehead atoms. The van der Waals surface area contributed by atoms with E-state index in [1.165, 1.54) is 19.3 Å². The Bertz CT molecular complexity index is 352. The minimum absolute atomic E-state index is 0.167. The number of rotatable bonds is 7. The van der Waals surface area contributed by atoms with E-state index in [2.05, 4.69) is 17.0 Å². The van der Waals surface area contributed by atoms with Gasteiger partial charge in [0.1, 0.15) is 0 Å². The van der Waals surface area contributed by atoms with Crippen LogP contribution in [0.2, 0.25) is 0 Å². The standard InChI is InChI=1S/C13H26N2O2S/c1-11-5-2-3-6-13(11)15-18(16,17)10-4-9-14-12-7-8-12/h11-15H,2-10H2,1H3. The van der Waals surface area contributed by atoms with Gasteiger partial charge in [0.25, 0.3) is 0 Å². The van der Waals surface area contributed by atoms with Crippen LogP contribution in [-0.2, 0) is 10.0 Å². The molecule has 2 fully saturated rings. The summed E-state index contributed by atoms with van der Waals surface area (Å²) in [6.07, 6.45) is 7.77. The lowest BCUT2D eigenvalue weighted by Crippen LogP contribution is -2.42. The predicted octanol–water partition coefficient (Wildman–Crippen LogP) is 1.63. The van der Waals surface area contributed by atoms with E-state index in [0.29, 0.717) is 18.4 Å². The summed E-state index contributed by atoms with van der Waals surface area (Å²) in [4.78, 5) is 0. The van der Waals surface area contributed by atoms with Crippen LogP contribution in [0.3, 0.4) is 0 Å². The van der Waals surface area contributed by atoms with Crippen molar-refractivity contribution in [2.45, 2.75) is 64.0 Å². The molecule has 2 rings (SSSR count). The molecule has 2 aliphatic carbocycles. The van der Waals surface area contributed by atoms with Crippen molar-refractivity contribution in [1.82, 2.24) is 10.0 Å². The Balaban J connectivity index is 1.68. The molecular formula is C13H26N2O2S. The number of hydrogen-bond donors (Lipinski definition) is 2. The molecule has 2 saturated carbocycles. The van der Waals surface area contributed by atoms with E-state index in [9.17, 15) is 8.42 Å². The first-order valence-corrected chi connectivity index (χ1v) is 8.95. The van der Waals surface area contributed by atoms with E-state index in [1.807, 2.05) is 0 Å². The molecule has 0 aromatic heterocycles. The first-order valence-electron chi connectivity index (χ1n) is 7.30. The van der Waals surface area contributed by atoms with Crippen LogP contribution in [0, 0.1) is 5.92 Å². The molecule has 0 radical (unpaired) electrons. The van der Waals surface area contributed by atoms with Crippen LogP contribution in [0.25, 0.3) is 0 Å². The second-order valence-electron chi connectivity index (χ2n) is 5.89. The molecule has 0 heterocycles. The summed E-state index contributed by atoms with van der Waals surface area (Å²) in [5, 5.41) is 3.35. The van der Waals surface area contributed by atoms with Gasteiger partial charge in [0.15, 0.2) is 0 Å². The van der Waals surface area contributed by atoms with Gasteiger partial charge in [-0.2, -0.15) is 0 Å². The van der Waals surface area contributed by atoms with E-state index in [4.69, 9.17) is 0 Å². The van der Waals surface area contributed by atoms with Crippen LogP contribution in [0.5, 0.6) is 0 Å². The first-order chi connectivity index (χ1) is 8.57. The fourth-order valence-corrected chi connectivity index (χ4v) is 4.09. The van der Waals surface area contributed by atoms with Crippen LogP contribution >= 0.6 is 0 Å². The molecule has 2 aliphatic rings. The molecule has 0 amide bonds. The maximum absolute atomic E-state index is 12.0. The Kier molecular flexibility index (Phi) is 5.04. The van der Waals surface area contributed by atoms with E-state index in [-0.39, 0.29) is 11.8 Å². The predicted molar refractivity (Wildman–Crippen MR) is 74.0 cm³/mol. The molecule has 2 N–H and O–H groups in total. The van der Waals surface area contributed by atoms with Crippen molar-refractivity contribution in [1.29, 1.82) is 0 Å². The van der Waals surface area contributed by atoms with Gasteiger partial charge in [0, 0.05) is 12.1 Å². The monoisotopic (exact) mass is 274 g/mol. The number of nitrogens with one attached hydrogen (secondary N) is 2. The summed E-state index contributed by atoms with van der Waals surface area (Å²) < 4.78 is 26.8. The van der Waals surface area contributed by atoms with Crippen molar-refractivity contribution in [3.05, 3.63) is 0 Å². The lowest BCUT2D eigenvalue weighted by molar-refractivity contribution is 0.310. The summed E-state index contributed by atoms with van der Waals surface area (Å²) in [5.41, 5.74) is 0. The van der Waals surface area contributed by atoms with Crippen molar-refractivity contribution in [2.24, 2.45) is 5.92 Å². The topological polar surface area (TPSA) is 58.2 Å². The number of hydrogen-bond acceptors (Lipinski definition) is 3. The zero-order chi connectivity index (χ0) is 13.0. The summed E-state index contributed by atoms with van der Waals surface area (Å²) in [6, 6.07) is 0.833. The van der Waals surface area contributed by atoms with Crippen molar-refractivity contribution in [2.75, 3.05) is 12.3 Å². The van der Waals surface area contributed by atoms with Gasteiger partial charge in [-0.3, -0.25) is 0 Å². The van der Waals surface area contributed by atoms with E-state index >= 15 is 0 Å². The van der Waals surface area contributed by atoms with Gasteiger partial charge >= 0.3 is 0 Å².